The molecule has 0 spiro atoms. The Morgan fingerprint density at radius 2 is 1.77 bits per heavy atom. The van der Waals surface area contributed by atoms with E-state index in [0.717, 1.165) is 18.2 Å². The highest BCUT2D eigenvalue weighted by molar-refractivity contribution is 7.99. The summed E-state index contributed by atoms with van der Waals surface area (Å²) in [6.45, 7) is 8.77. The van der Waals surface area contributed by atoms with Crippen LogP contribution >= 0.6 is 23.1 Å². The van der Waals surface area contributed by atoms with Crippen LogP contribution in [0, 0.1) is 0 Å². The Morgan fingerprint density at radius 3 is 2.41 bits per heavy atom. The molecule has 3 rings (SSSR count). The minimum Gasteiger partial charge on any atom is -0.370 e. The van der Waals surface area contributed by atoms with Crippen molar-refractivity contribution in [3.8, 4) is 10.4 Å². The van der Waals surface area contributed by atoms with Crippen LogP contribution in [0.3, 0.4) is 0 Å². The van der Waals surface area contributed by atoms with Crippen LogP contribution in [-0.4, -0.2) is 35.1 Å². The van der Waals surface area contributed by atoms with Gasteiger partial charge in [-0.3, -0.25) is 0 Å². The number of benzene rings is 1. The number of thiazole rings is 1. The number of nitrogens with one attached hydrogen (secondary N) is 1. The zero-order chi connectivity index (χ0) is 15.6. The van der Waals surface area contributed by atoms with E-state index in [1.165, 1.54) is 27.6 Å². The van der Waals surface area contributed by atoms with Gasteiger partial charge in [0.25, 0.3) is 0 Å². The van der Waals surface area contributed by atoms with Crippen LogP contribution in [0.5, 0.6) is 0 Å². The molecule has 1 aliphatic rings. The lowest BCUT2D eigenvalue weighted by molar-refractivity contribution is 0.633. The first kappa shape index (κ1) is 15.7. The molecule has 0 radical (unpaired) electrons. The first-order valence-corrected chi connectivity index (χ1v) is 9.65. The minimum absolute atomic E-state index is 0.0469. The topological polar surface area (TPSA) is 28.2 Å². The molecule has 5 heteroatoms. The molecule has 0 atom stereocenters. The summed E-state index contributed by atoms with van der Waals surface area (Å²) in [4.78, 5) is 8.17. The predicted molar refractivity (Wildman–Crippen MR) is 100 cm³/mol. The SMILES string of the molecule is CC(C)(C)Nc1ncc(-c2ccc(N3CCSCC3)cc2)s1. The van der Waals surface area contributed by atoms with E-state index in [1.54, 1.807) is 11.3 Å². The van der Waals surface area contributed by atoms with Gasteiger partial charge in [0.15, 0.2) is 5.13 Å². The van der Waals surface area contributed by atoms with Gasteiger partial charge >= 0.3 is 0 Å². The summed E-state index contributed by atoms with van der Waals surface area (Å²) in [6.07, 6.45) is 1.96. The largest absolute Gasteiger partial charge is 0.370 e. The molecular formula is C17H23N3S2. The Balaban J connectivity index is 1.72. The van der Waals surface area contributed by atoms with Crippen molar-refractivity contribution in [2.45, 2.75) is 26.3 Å². The summed E-state index contributed by atoms with van der Waals surface area (Å²) in [7, 11) is 0. The second-order valence-corrected chi connectivity index (χ2v) is 8.81. The standard InChI is InChI=1S/C17H23N3S2/c1-17(2,3)19-16-18-12-15(22-16)13-4-6-14(7-5-13)20-8-10-21-11-9-20/h4-7,12H,8-11H2,1-3H3,(H,18,19). The molecule has 1 aliphatic heterocycles. The van der Waals surface area contributed by atoms with Crippen molar-refractivity contribution in [1.82, 2.24) is 4.98 Å². The van der Waals surface area contributed by atoms with E-state index in [-0.39, 0.29) is 5.54 Å². The van der Waals surface area contributed by atoms with E-state index >= 15 is 0 Å². The van der Waals surface area contributed by atoms with E-state index in [1.807, 2.05) is 18.0 Å². The summed E-state index contributed by atoms with van der Waals surface area (Å²) >= 11 is 3.76. The molecule has 118 valence electrons. The molecule has 1 aromatic heterocycles. The summed E-state index contributed by atoms with van der Waals surface area (Å²) in [5, 5.41) is 4.42. The van der Waals surface area contributed by atoms with Crippen molar-refractivity contribution in [1.29, 1.82) is 0 Å². The van der Waals surface area contributed by atoms with E-state index in [9.17, 15) is 0 Å². The Hall–Kier alpha value is -1.20. The van der Waals surface area contributed by atoms with Gasteiger partial charge in [0.05, 0.1) is 4.88 Å². The summed E-state index contributed by atoms with van der Waals surface area (Å²) in [5.74, 6) is 2.47. The lowest BCUT2D eigenvalue weighted by atomic mass is 10.1. The predicted octanol–water partition coefficient (Wildman–Crippen LogP) is 4.57. The Morgan fingerprint density at radius 1 is 1.09 bits per heavy atom. The fourth-order valence-electron chi connectivity index (χ4n) is 2.44. The Kier molecular flexibility index (Phi) is 4.64. The highest BCUT2D eigenvalue weighted by Crippen LogP contribution is 2.31. The summed E-state index contributed by atoms with van der Waals surface area (Å²) in [5.41, 5.74) is 2.63. The molecule has 0 amide bonds. The molecule has 1 fully saturated rings. The van der Waals surface area contributed by atoms with Gasteiger partial charge in [-0.05, 0) is 38.5 Å². The molecule has 1 saturated heterocycles. The Labute approximate surface area is 141 Å². The molecule has 0 saturated carbocycles. The van der Waals surface area contributed by atoms with Crippen LogP contribution < -0.4 is 10.2 Å². The number of thioether (sulfide) groups is 1. The molecule has 1 N–H and O–H groups in total. The highest BCUT2D eigenvalue weighted by atomic mass is 32.2. The maximum absolute atomic E-state index is 4.48. The number of rotatable bonds is 3. The molecule has 3 nitrogen and oxygen atoms in total. The monoisotopic (exact) mass is 333 g/mol. The number of aromatic nitrogens is 1. The normalized spacial score (nSPS) is 15.9. The van der Waals surface area contributed by atoms with Crippen molar-refractivity contribution in [2.75, 3.05) is 34.8 Å². The van der Waals surface area contributed by atoms with Gasteiger partial charge in [-0.25, -0.2) is 4.98 Å². The lowest BCUT2D eigenvalue weighted by Crippen LogP contribution is -2.32. The van der Waals surface area contributed by atoms with Crippen molar-refractivity contribution >= 4 is 33.9 Å². The highest BCUT2D eigenvalue weighted by Gasteiger charge is 2.14. The first-order valence-electron chi connectivity index (χ1n) is 7.68. The van der Waals surface area contributed by atoms with Gasteiger partial charge in [-0.2, -0.15) is 11.8 Å². The summed E-state index contributed by atoms with van der Waals surface area (Å²) < 4.78 is 0. The number of hydrogen-bond donors (Lipinski definition) is 1. The van der Waals surface area contributed by atoms with Crippen molar-refractivity contribution in [2.24, 2.45) is 0 Å². The number of anilines is 2. The van der Waals surface area contributed by atoms with E-state index in [2.05, 4.69) is 60.2 Å². The smallest absolute Gasteiger partial charge is 0.183 e. The number of nitrogens with zero attached hydrogens (tertiary/aromatic N) is 2. The molecular weight excluding hydrogens is 310 g/mol. The van der Waals surface area contributed by atoms with Crippen LogP contribution in [0.15, 0.2) is 30.5 Å². The molecule has 2 aromatic rings. The zero-order valence-corrected chi connectivity index (χ0v) is 15.1. The van der Waals surface area contributed by atoms with Gasteiger partial charge in [-0.15, -0.1) is 0 Å². The van der Waals surface area contributed by atoms with Crippen LogP contribution in [-0.2, 0) is 0 Å². The third-order valence-electron chi connectivity index (χ3n) is 3.52. The average Bonchev–Trinajstić information content (AvgIpc) is 2.95. The van der Waals surface area contributed by atoms with Gasteiger partial charge in [0, 0.05) is 42.0 Å². The third kappa shape index (κ3) is 3.96. The van der Waals surface area contributed by atoms with Crippen molar-refractivity contribution in [3.63, 3.8) is 0 Å². The van der Waals surface area contributed by atoms with Gasteiger partial charge in [0.1, 0.15) is 0 Å². The first-order chi connectivity index (χ1) is 10.5. The lowest BCUT2D eigenvalue weighted by Gasteiger charge is -2.28. The van der Waals surface area contributed by atoms with Crippen LogP contribution in [0.1, 0.15) is 20.8 Å². The van der Waals surface area contributed by atoms with E-state index in [4.69, 9.17) is 0 Å². The third-order valence-corrected chi connectivity index (χ3v) is 5.42. The van der Waals surface area contributed by atoms with Gasteiger partial charge in [0.2, 0.25) is 0 Å². The van der Waals surface area contributed by atoms with Crippen LogP contribution in [0.25, 0.3) is 10.4 Å². The van der Waals surface area contributed by atoms with Crippen LogP contribution in [0.2, 0.25) is 0 Å². The maximum atomic E-state index is 4.48. The second kappa shape index (κ2) is 6.50. The molecule has 0 bridgehead atoms. The molecule has 1 aromatic carbocycles. The van der Waals surface area contributed by atoms with Crippen molar-refractivity contribution < 1.29 is 0 Å². The molecule has 0 unspecified atom stereocenters. The fraction of sp³-hybridized carbons (Fsp3) is 0.471. The zero-order valence-electron chi connectivity index (χ0n) is 13.4. The quantitative estimate of drug-likeness (QED) is 0.890. The number of hydrogen-bond acceptors (Lipinski definition) is 5. The molecule has 2 heterocycles. The molecule has 0 aliphatic carbocycles. The Bertz CT molecular complexity index is 608. The minimum atomic E-state index is 0.0469. The van der Waals surface area contributed by atoms with Crippen LogP contribution in [0.4, 0.5) is 10.8 Å². The van der Waals surface area contributed by atoms with Gasteiger partial charge < -0.3 is 10.2 Å². The molecule has 22 heavy (non-hydrogen) atoms. The van der Waals surface area contributed by atoms with Crippen molar-refractivity contribution in [3.05, 3.63) is 30.5 Å². The summed E-state index contributed by atoms with van der Waals surface area (Å²) in [6, 6.07) is 8.90. The second-order valence-electron chi connectivity index (χ2n) is 6.55. The van der Waals surface area contributed by atoms with Gasteiger partial charge in [-0.1, -0.05) is 23.5 Å². The fourth-order valence-corrected chi connectivity index (χ4v) is 4.38. The maximum Gasteiger partial charge on any atom is 0.183 e. The van der Waals surface area contributed by atoms with E-state index in [0.29, 0.717) is 0 Å². The average molecular weight is 334 g/mol. The van der Waals surface area contributed by atoms with E-state index < -0.39 is 0 Å².